The lowest BCUT2D eigenvalue weighted by molar-refractivity contribution is -0.591. The third-order valence-corrected chi connectivity index (χ3v) is 3.77. The molecule has 0 saturated carbocycles. The van der Waals surface area contributed by atoms with E-state index in [1.807, 2.05) is 17.5 Å². The Morgan fingerprint density at radius 2 is 2.05 bits per heavy atom. The van der Waals surface area contributed by atoms with Crippen LogP contribution in [0.2, 0.25) is 5.02 Å². The number of nitrogen functional groups attached to an aromatic ring is 2. The quantitative estimate of drug-likeness (QED) is 0.373. The number of anilines is 1. The molecular formula is C10H11Br2ClN4S2. The van der Waals surface area contributed by atoms with Gasteiger partial charge in [0.2, 0.25) is 0 Å². The number of fused-ring (bicyclic) bond motifs is 1. The molecule has 19 heavy (non-hydrogen) atoms. The summed E-state index contributed by atoms with van der Waals surface area (Å²) in [4.78, 5) is 3.74. The van der Waals surface area contributed by atoms with Gasteiger partial charge in [-0.25, -0.2) is 0 Å². The van der Waals surface area contributed by atoms with Crippen molar-refractivity contribution in [3.63, 3.8) is 0 Å². The Bertz CT molecular complexity index is 598. The zero-order chi connectivity index (χ0) is 12.3. The molecule has 0 unspecified atom stereocenters. The Kier molecular flexibility index (Phi) is 8.51. The topological polar surface area (TPSA) is 68.8 Å². The second kappa shape index (κ2) is 8.70. The number of benzene rings is 1. The SMILES string of the molecule is Br.Nc1sc2cccc(Cl)c2[n+]1N.[Br-].c1cscn1. The summed E-state index contributed by atoms with van der Waals surface area (Å²) in [6.45, 7) is 0. The second-order valence-electron chi connectivity index (χ2n) is 3.07. The van der Waals surface area contributed by atoms with E-state index in [0.717, 1.165) is 10.2 Å². The fourth-order valence-corrected chi connectivity index (χ4v) is 2.80. The van der Waals surface area contributed by atoms with E-state index in [1.165, 1.54) is 16.0 Å². The van der Waals surface area contributed by atoms with Gasteiger partial charge in [0.25, 0.3) is 0 Å². The Morgan fingerprint density at radius 3 is 2.53 bits per heavy atom. The van der Waals surface area contributed by atoms with Gasteiger partial charge < -0.3 is 17.0 Å². The molecule has 0 amide bonds. The Labute approximate surface area is 144 Å². The van der Waals surface area contributed by atoms with Crippen molar-refractivity contribution in [1.82, 2.24) is 4.98 Å². The van der Waals surface area contributed by atoms with Gasteiger partial charge >= 0.3 is 5.13 Å². The lowest BCUT2D eigenvalue weighted by Gasteiger charge is -1.90. The van der Waals surface area contributed by atoms with Gasteiger partial charge in [0.05, 0.1) is 15.2 Å². The Morgan fingerprint density at radius 1 is 1.32 bits per heavy atom. The van der Waals surface area contributed by atoms with Crippen molar-refractivity contribution in [2.24, 2.45) is 0 Å². The molecular weight excluding hydrogens is 436 g/mol. The maximum atomic E-state index is 5.93. The van der Waals surface area contributed by atoms with E-state index in [2.05, 4.69) is 4.98 Å². The summed E-state index contributed by atoms with van der Waals surface area (Å²) >= 11 is 8.95. The number of hydrogen-bond donors (Lipinski definition) is 2. The van der Waals surface area contributed by atoms with Gasteiger partial charge in [0.15, 0.2) is 5.52 Å². The predicted octanol–water partition coefficient (Wildman–Crippen LogP) is -0.137. The first kappa shape index (κ1) is 18.6. The van der Waals surface area contributed by atoms with E-state index in [-0.39, 0.29) is 34.0 Å². The third-order valence-electron chi connectivity index (χ3n) is 1.99. The monoisotopic (exact) mass is 444 g/mol. The third kappa shape index (κ3) is 4.57. The van der Waals surface area contributed by atoms with Crippen LogP contribution in [0.3, 0.4) is 0 Å². The van der Waals surface area contributed by atoms with Gasteiger partial charge in [-0.3, -0.25) is 16.6 Å². The van der Waals surface area contributed by atoms with Crippen molar-refractivity contribution in [2.75, 3.05) is 11.6 Å². The van der Waals surface area contributed by atoms with Crippen LogP contribution in [0.15, 0.2) is 35.3 Å². The summed E-state index contributed by atoms with van der Waals surface area (Å²) in [6, 6.07) is 5.60. The largest absolute Gasteiger partial charge is 1.00 e. The molecule has 0 atom stereocenters. The van der Waals surface area contributed by atoms with Gasteiger partial charge in [-0.05, 0) is 23.5 Å². The lowest BCUT2D eigenvalue weighted by atomic mass is 10.3. The van der Waals surface area contributed by atoms with Crippen molar-refractivity contribution >= 4 is 66.6 Å². The van der Waals surface area contributed by atoms with Crippen molar-refractivity contribution in [1.29, 1.82) is 0 Å². The van der Waals surface area contributed by atoms with Gasteiger partial charge in [0, 0.05) is 11.6 Å². The van der Waals surface area contributed by atoms with Gasteiger partial charge in [-0.2, -0.15) is 0 Å². The molecule has 2 heterocycles. The number of rotatable bonds is 0. The van der Waals surface area contributed by atoms with E-state index in [9.17, 15) is 0 Å². The second-order valence-corrected chi connectivity index (χ2v) is 5.30. The zero-order valence-corrected chi connectivity index (χ0v) is 15.2. The van der Waals surface area contributed by atoms with Crippen LogP contribution in [0.1, 0.15) is 0 Å². The van der Waals surface area contributed by atoms with Crippen LogP contribution < -0.4 is 33.2 Å². The molecule has 0 fully saturated rings. The number of halogens is 3. The summed E-state index contributed by atoms with van der Waals surface area (Å²) in [6.07, 6.45) is 1.77. The number of aromatic nitrogens is 2. The normalized spacial score (nSPS) is 8.89. The van der Waals surface area contributed by atoms with Crippen LogP contribution in [0.25, 0.3) is 10.2 Å². The van der Waals surface area contributed by atoms with Crippen molar-refractivity contribution < 1.29 is 21.7 Å². The van der Waals surface area contributed by atoms with Crippen LogP contribution in [0, 0.1) is 0 Å². The number of hydrogen-bond acceptors (Lipinski definition) is 5. The first-order valence-electron chi connectivity index (χ1n) is 4.66. The number of nitrogens with zero attached hydrogens (tertiary/aromatic N) is 2. The van der Waals surface area contributed by atoms with E-state index in [4.69, 9.17) is 23.2 Å². The number of para-hydroxylation sites is 1. The average Bonchev–Trinajstić information content (AvgIpc) is 2.93. The molecule has 0 radical (unpaired) electrons. The highest BCUT2D eigenvalue weighted by Gasteiger charge is 2.14. The van der Waals surface area contributed by atoms with Crippen molar-refractivity contribution in [2.45, 2.75) is 0 Å². The number of nitrogens with two attached hydrogens (primary N) is 2. The molecule has 0 aliphatic heterocycles. The van der Waals surface area contributed by atoms with Crippen molar-refractivity contribution in [3.05, 3.63) is 40.3 Å². The molecule has 0 spiro atoms. The molecule has 0 aliphatic carbocycles. The van der Waals surface area contributed by atoms with Crippen LogP contribution in [0.5, 0.6) is 0 Å². The summed E-state index contributed by atoms with van der Waals surface area (Å²) < 4.78 is 2.41. The molecule has 0 bridgehead atoms. The van der Waals surface area contributed by atoms with Crippen LogP contribution in [-0.2, 0) is 0 Å². The van der Waals surface area contributed by atoms with E-state index < -0.39 is 0 Å². The Hall–Kier alpha value is -0.410. The average molecular weight is 447 g/mol. The van der Waals surface area contributed by atoms with Crippen LogP contribution in [-0.4, -0.2) is 4.98 Å². The molecule has 2 aromatic heterocycles. The highest BCUT2D eigenvalue weighted by molar-refractivity contribution is 8.93. The highest BCUT2D eigenvalue weighted by atomic mass is 79.9. The minimum atomic E-state index is 0. The molecule has 104 valence electrons. The molecule has 9 heteroatoms. The molecule has 0 saturated heterocycles. The molecule has 4 nitrogen and oxygen atoms in total. The van der Waals surface area contributed by atoms with Gasteiger partial charge in [0.1, 0.15) is 0 Å². The maximum absolute atomic E-state index is 5.93. The summed E-state index contributed by atoms with van der Waals surface area (Å²) in [5.74, 6) is 5.66. The van der Waals surface area contributed by atoms with Crippen molar-refractivity contribution in [3.8, 4) is 0 Å². The van der Waals surface area contributed by atoms with Crippen LogP contribution >= 0.6 is 51.3 Å². The van der Waals surface area contributed by atoms with Crippen LogP contribution in [0.4, 0.5) is 5.13 Å². The zero-order valence-electron chi connectivity index (χ0n) is 9.49. The maximum Gasteiger partial charge on any atom is 0.356 e. The van der Waals surface area contributed by atoms with Gasteiger partial charge in [-0.1, -0.05) is 17.7 Å². The summed E-state index contributed by atoms with van der Waals surface area (Å²) in [5, 5.41) is 3.11. The molecule has 4 N–H and O–H groups in total. The predicted molar refractivity (Wildman–Crippen MR) is 84.0 cm³/mol. The summed E-state index contributed by atoms with van der Waals surface area (Å²) in [5.41, 5.74) is 8.20. The minimum absolute atomic E-state index is 0. The highest BCUT2D eigenvalue weighted by Crippen LogP contribution is 2.26. The Balaban J connectivity index is 0.000000399. The first-order valence-corrected chi connectivity index (χ1v) is 6.79. The lowest BCUT2D eigenvalue weighted by Crippen LogP contribution is -3.00. The standard InChI is InChI=1S/C7H6ClN3S.C3H3NS.2BrH/c8-4-2-1-3-5-6(4)11(10)7(9)12-5;1-2-5-3-4-1;;/h1-3,9H,10H2;1-3H;2*1H. The first-order chi connectivity index (χ1) is 8.20. The summed E-state index contributed by atoms with van der Waals surface area (Å²) in [7, 11) is 0. The molecule has 3 rings (SSSR count). The number of thiazole rings is 2. The van der Waals surface area contributed by atoms with E-state index >= 15 is 0 Å². The van der Waals surface area contributed by atoms with Gasteiger partial charge in [-0.15, -0.1) is 33.0 Å². The molecule has 0 aliphatic rings. The molecule has 1 aromatic carbocycles. The molecule has 3 aromatic rings. The van der Waals surface area contributed by atoms with E-state index in [0.29, 0.717) is 10.2 Å². The van der Waals surface area contributed by atoms with E-state index in [1.54, 1.807) is 29.1 Å². The fourth-order valence-electron chi connectivity index (χ4n) is 1.26. The fraction of sp³-hybridized carbons (Fsp3) is 0. The smallest absolute Gasteiger partial charge is 0.356 e. The minimum Gasteiger partial charge on any atom is -1.00 e.